The van der Waals surface area contributed by atoms with E-state index in [-0.39, 0.29) is 11.6 Å². The van der Waals surface area contributed by atoms with Crippen molar-refractivity contribution in [3.63, 3.8) is 0 Å². The summed E-state index contributed by atoms with van der Waals surface area (Å²) in [4.78, 5) is 27.0. The van der Waals surface area contributed by atoms with E-state index >= 15 is 0 Å². The van der Waals surface area contributed by atoms with E-state index in [1.54, 1.807) is 6.92 Å². The summed E-state index contributed by atoms with van der Waals surface area (Å²) in [6, 6.07) is 10.4. The van der Waals surface area contributed by atoms with Gasteiger partial charge in [-0.1, -0.05) is 41.9 Å². The molecule has 192 valence electrons. The summed E-state index contributed by atoms with van der Waals surface area (Å²) < 4.78 is 65.3. The number of nitrogens with zero attached hydrogens (tertiary/aromatic N) is 2. The van der Waals surface area contributed by atoms with Gasteiger partial charge in [-0.05, 0) is 44.0 Å². The van der Waals surface area contributed by atoms with E-state index in [1.807, 2.05) is 30.3 Å². The van der Waals surface area contributed by atoms with Crippen LogP contribution < -0.4 is 9.62 Å². The van der Waals surface area contributed by atoms with Crippen LogP contribution in [0.15, 0.2) is 48.5 Å². The first-order valence-electron chi connectivity index (χ1n) is 10.7. The third kappa shape index (κ3) is 7.86. The Labute approximate surface area is 207 Å². The van der Waals surface area contributed by atoms with Gasteiger partial charge in [0.2, 0.25) is 21.8 Å². The number of hydrogen-bond acceptors (Lipinski definition) is 4. The lowest BCUT2D eigenvalue weighted by Crippen LogP contribution is -2.52. The van der Waals surface area contributed by atoms with Gasteiger partial charge < -0.3 is 10.2 Å². The van der Waals surface area contributed by atoms with E-state index in [9.17, 15) is 31.2 Å². The molecule has 0 radical (unpaired) electrons. The fourth-order valence-electron chi connectivity index (χ4n) is 3.37. The maximum Gasteiger partial charge on any atom is 0.416 e. The number of carbonyl (C=O) groups is 2. The Hall–Kier alpha value is -2.79. The molecule has 7 nitrogen and oxygen atoms in total. The molecule has 0 saturated carbocycles. The number of amides is 2. The monoisotopic (exact) mass is 533 g/mol. The summed E-state index contributed by atoms with van der Waals surface area (Å²) in [7, 11) is -4.22. The standard InChI is InChI=1S/C23H27ClF3N3O4S/c1-4-28-22(32)16(2)29(13-12-17-8-6-5-7-9-17)21(31)15-30(35(3,33)34)20-14-18(23(25,26)27)10-11-19(20)24/h5-11,14,16H,4,12-13,15H2,1-3H3,(H,28,32). The lowest BCUT2D eigenvalue weighted by atomic mass is 10.1. The van der Waals surface area contributed by atoms with Gasteiger partial charge in [-0.2, -0.15) is 13.2 Å². The highest BCUT2D eigenvalue weighted by Gasteiger charge is 2.34. The number of nitrogens with one attached hydrogen (secondary N) is 1. The molecule has 12 heteroatoms. The van der Waals surface area contributed by atoms with E-state index in [2.05, 4.69) is 5.32 Å². The van der Waals surface area contributed by atoms with Crippen molar-refractivity contribution in [2.45, 2.75) is 32.5 Å². The van der Waals surface area contributed by atoms with Crippen molar-refractivity contribution < 1.29 is 31.2 Å². The Morgan fingerprint density at radius 2 is 1.74 bits per heavy atom. The number of carbonyl (C=O) groups excluding carboxylic acids is 2. The summed E-state index contributed by atoms with van der Waals surface area (Å²) in [5.74, 6) is -1.21. The summed E-state index contributed by atoms with van der Waals surface area (Å²) in [6.07, 6.45) is -3.61. The van der Waals surface area contributed by atoms with E-state index in [0.717, 1.165) is 24.0 Å². The fourth-order valence-corrected chi connectivity index (χ4v) is 4.49. The Morgan fingerprint density at radius 3 is 2.29 bits per heavy atom. The predicted octanol–water partition coefficient (Wildman–Crippen LogP) is 3.72. The number of likely N-dealkylation sites (N-methyl/N-ethyl adjacent to an activating group) is 1. The molecule has 0 aliphatic rings. The molecule has 0 aromatic heterocycles. The van der Waals surface area contributed by atoms with Gasteiger partial charge in [0.05, 0.1) is 22.5 Å². The van der Waals surface area contributed by atoms with Gasteiger partial charge in [0.25, 0.3) is 0 Å². The summed E-state index contributed by atoms with van der Waals surface area (Å²) in [5.41, 5.74) is -0.713. The van der Waals surface area contributed by atoms with Crippen molar-refractivity contribution in [1.29, 1.82) is 0 Å². The quantitative estimate of drug-likeness (QED) is 0.504. The Balaban J connectivity index is 2.42. The maximum absolute atomic E-state index is 13.3. The average Bonchev–Trinajstić information content (AvgIpc) is 2.77. The molecule has 2 amide bonds. The van der Waals surface area contributed by atoms with Crippen LogP contribution in [0.3, 0.4) is 0 Å². The van der Waals surface area contributed by atoms with Gasteiger partial charge >= 0.3 is 6.18 Å². The number of alkyl halides is 3. The topological polar surface area (TPSA) is 86.8 Å². The third-order valence-electron chi connectivity index (χ3n) is 5.22. The summed E-state index contributed by atoms with van der Waals surface area (Å²) >= 11 is 6.04. The van der Waals surface area contributed by atoms with Crippen molar-refractivity contribution in [1.82, 2.24) is 10.2 Å². The van der Waals surface area contributed by atoms with Crippen molar-refractivity contribution >= 4 is 39.1 Å². The number of benzene rings is 2. The molecule has 0 aliphatic carbocycles. The number of hydrogen-bond donors (Lipinski definition) is 1. The zero-order valence-electron chi connectivity index (χ0n) is 19.5. The molecule has 35 heavy (non-hydrogen) atoms. The number of sulfonamides is 1. The molecular formula is C23H27ClF3N3O4S. The molecule has 2 aromatic carbocycles. The SMILES string of the molecule is CCNC(=O)C(C)N(CCc1ccccc1)C(=O)CN(c1cc(C(F)(F)F)ccc1Cl)S(C)(=O)=O. The molecular weight excluding hydrogens is 507 g/mol. The first kappa shape index (κ1) is 28.4. The average molecular weight is 534 g/mol. The van der Waals surface area contributed by atoms with Gasteiger partial charge in [0.1, 0.15) is 12.6 Å². The van der Waals surface area contributed by atoms with Crippen LogP contribution in [0.1, 0.15) is 25.0 Å². The molecule has 1 N–H and O–H groups in total. The summed E-state index contributed by atoms with van der Waals surface area (Å²) in [5, 5.41) is 2.34. The van der Waals surface area contributed by atoms with Gasteiger partial charge in [-0.25, -0.2) is 8.42 Å². The predicted molar refractivity (Wildman–Crippen MR) is 129 cm³/mol. The number of rotatable bonds is 10. The first-order valence-corrected chi connectivity index (χ1v) is 12.9. The largest absolute Gasteiger partial charge is 0.416 e. The first-order chi connectivity index (χ1) is 16.3. The van der Waals surface area contributed by atoms with Crippen molar-refractivity contribution in [2.24, 2.45) is 0 Å². The normalized spacial score (nSPS) is 12.7. The van der Waals surface area contributed by atoms with Crippen LogP contribution in [0.5, 0.6) is 0 Å². The molecule has 0 bridgehead atoms. The Bertz CT molecular complexity index is 1140. The second kappa shape index (κ2) is 11.8. The van der Waals surface area contributed by atoms with Crippen LogP contribution in [0, 0.1) is 0 Å². The molecule has 0 heterocycles. The molecule has 1 unspecified atom stereocenters. The van der Waals surface area contributed by atoms with Crippen LogP contribution in [0.2, 0.25) is 5.02 Å². The zero-order valence-corrected chi connectivity index (χ0v) is 21.0. The Kier molecular flexibility index (Phi) is 9.56. The lowest BCUT2D eigenvalue weighted by Gasteiger charge is -2.31. The molecule has 2 rings (SSSR count). The van der Waals surface area contributed by atoms with Crippen molar-refractivity contribution in [3.05, 3.63) is 64.7 Å². The minimum atomic E-state index is -4.75. The number of halogens is 4. The highest BCUT2D eigenvalue weighted by Crippen LogP contribution is 2.36. The smallest absolute Gasteiger partial charge is 0.355 e. The van der Waals surface area contributed by atoms with Gasteiger partial charge in [-0.15, -0.1) is 0 Å². The molecule has 0 spiro atoms. The highest BCUT2D eigenvalue weighted by atomic mass is 35.5. The third-order valence-corrected chi connectivity index (χ3v) is 6.67. The molecule has 0 saturated heterocycles. The minimum absolute atomic E-state index is 0.0784. The van der Waals surface area contributed by atoms with Crippen LogP contribution in [-0.2, 0) is 32.2 Å². The molecule has 0 aliphatic heterocycles. The molecule has 0 fully saturated rings. The van der Waals surface area contributed by atoms with Gasteiger partial charge in [-0.3, -0.25) is 13.9 Å². The molecule has 2 aromatic rings. The van der Waals surface area contributed by atoms with E-state index in [1.165, 1.54) is 11.8 Å². The maximum atomic E-state index is 13.3. The second-order valence-corrected chi connectivity index (χ2v) is 10.1. The van der Waals surface area contributed by atoms with Crippen LogP contribution in [-0.4, -0.2) is 57.1 Å². The zero-order chi connectivity index (χ0) is 26.4. The van der Waals surface area contributed by atoms with Crippen LogP contribution in [0.4, 0.5) is 18.9 Å². The molecule has 1 atom stereocenters. The lowest BCUT2D eigenvalue weighted by molar-refractivity contribution is -0.138. The van der Waals surface area contributed by atoms with Crippen LogP contribution >= 0.6 is 11.6 Å². The van der Waals surface area contributed by atoms with Crippen molar-refractivity contribution in [3.8, 4) is 0 Å². The Morgan fingerprint density at radius 1 is 1.11 bits per heavy atom. The van der Waals surface area contributed by atoms with Crippen molar-refractivity contribution in [2.75, 3.05) is 30.2 Å². The fraction of sp³-hybridized carbons (Fsp3) is 0.391. The van der Waals surface area contributed by atoms with E-state index in [4.69, 9.17) is 11.6 Å². The van der Waals surface area contributed by atoms with E-state index < -0.39 is 51.9 Å². The van der Waals surface area contributed by atoms with Gasteiger partial charge in [0, 0.05) is 13.1 Å². The van der Waals surface area contributed by atoms with Gasteiger partial charge in [0.15, 0.2) is 0 Å². The minimum Gasteiger partial charge on any atom is -0.355 e. The van der Waals surface area contributed by atoms with E-state index in [0.29, 0.717) is 23.3 Å². The second-order valence-electron chi connectivity index (χ2n) is 7.83. The highest BCUT2D eigenvalue weighted by molar-refractivity contribution is 7.92. The number of anilines is 1. The van der Waals surface area contributed by atoms with Crippen LogP contribution in [0.25, 0.3) is 0 Å². The summed E-state index contributed by atoms with van der Waals surface area (Å²) in [6.45, 7) is 2.77.